The van der Waals surface area contributed by atoms with Crippen LogP contribution in [0.2, 0.25) is 0 Å². The number of aliphatic carboxylic acids is 1. The molecule has 0 aliphatic heterocycles. The van der Waals surface area contributed by atoms with Crippen LogP contribution in [0, 0.1) is 17.1 Å². The second-order valence-corrected chi connectivity index (χ2v) is 4.81. The Morgan fingerprint density at radius 2 is 2.28 bits per heavy atom. The van der Waals surface area contributed by atoms with E-state index in [1.165, 1.54) is 19.1 Å². The average molecular weight is 315 g/mol. The molecule has 1 aromatic carbocycles. The lowest BCUT2D eigenvalue weighted by atomic mass is 9.98. The Labute approximate surface area is 113 Å². The number of rotatable bonds is 4. The highest BCUT2D eigenvalue weighted by molar-refractivity contribution is 9.10. The molecule has 0 saturated carbocycles. The van der Waals surface area contributed by atoms with Gasteiger partial charge in [0.1, 0.15) is 11.6 Å². The zero-order valence-electron chi connectivity index (χ0n) is 9.92. The molecule has 0 fully saturated rings. The highest BCUT2D eigenvalue weighted by Crippen LogP contribution is 2.29. The molecule has 0 aliphatic carbocycles. The van der Waals surface area contributed by atoms with E-state index in [1.54, 1.807) is 6.92 Å². The normalized spacial score (nSPS) is 13.5. The molecule has 2 N–H and O–H groups in total. The minimum Gasteiger partial charge on any atom is -0.480 e. The van der Waals surface area contributed by atoms with Gasteiger partial charge in [-0.25, -0.2) is 9.18 Å². The predicted molar refractivity (Wildman–Crippen MR) is 68.8 cm³/mol. The van der Waals surface area contributed by atoms with Gasteiger partial charge in [0.05, 0.1) is 15.7 Å². The molecule has 4 nitrogen and oxygen atoms in total. The van der Waals surface area contributed by atoms with Crippen LogP contribution in [0.5, 0.6) is 0 Å². The van der Waals surface area contributed by atoms with Crippen molar-refractivity contribution >= 4 is 27.6 Å². The van der Waals surface area contributed by atoms with Crippen molar-refractivity contribution in [3.8, 4) is 6.07 Å². The molecule has 1 rings (SSSR count). The molecule has 1 aromatic rings. The number of carboxylic acids is 1. The van der Waals surface area contributed by atoms with Gasteiger partial charge in [0.25, 0.3) is 0 Å². The SMILES string of the molecule is CCC(C)(Nc1ccc(C#N)c(Br)c1F)C(=O)O. The Balaban J connectivity index is 3.18. The largest absolute Gasteiger partial charge is 0.480 e. The summed E-state index contributed by atoms with van der Waals surface area (Å²) < 4.78 is 14.0. The van der Waals surface area contributed by atoms with E-state index in [0.717, 1.165) is 0 Å². The third-order valence-electron chi connectivity index (χ3n) is 2.79. The summed E-state index contributed by atoms with van der Waals surface area (Å²) in [6.45, 7) is 3.17. The van der Waals surface area contributed by atoms with E-state index in [1.807, 2.05) is 6.07 Å². The van der Waals surface area contributed by atoms with E-state index < -0.39 is 17.3 Å². The minimum absolute atomic E-state index is 0.0267. The Hall–Kier alpha value is -1.61. The second kappa shape index (κ2) is 5.36. The first kappa shape index (κ1) is 14.5. The number of hydrogen-bond donors (Lipinski definition) is 2. The lowest BCUT2D eigenvalue weighted by molar-refractivity contribution is -0.141. The third-order valence-corrected chi connectivity index (χ3v) is 3.57. The summed E-state index contributed by atoms with van der Waals surface area (Å²) in [6.07, 6.45) is 0.291. The molecule has 0 saturated heterocycles. The molecule has 0 aliphatic rings. The van der Waals surface area contributed by atoms with Crippen molar-refractivity contribution in [2.45, 2.75) is 25.8 Å². The van der Waals surface area contributed by atoms with Crippen LogP contribution in [0.15, 0.2) is 16.6 Å². The fourth-order valence-corrected chi connectivity index (χ4v) is 1.76. The Morgan fingerprint density at radius 1 is 1.67 bits per heavy atom. The van der Waals surface area contributed by atoms with Crippen LogP contribution in [-0.4, -0.2) is 16.6 Å². The van der Waals surface area contributed by atoms with Gasteiger partial charge in [-0.15, -0.1) is 0 Å². The smallest absolute Gasteiger partial charge is 0.329 e. The number of benzene rings is 1. The molecular formula is C12H12BrFN2O2. The Kier molecular flexibility index (Phi) is 4.30. The van der Waals surface area contributed by atoms with Gasteiger partial charge in [-0.05, 0) is 41.4 Å². The van der Waals surface area contributed by atoms with Crippen molar-refractivity contribution in [3.05, 3.63) is 28.0 Å². The van der Waals surface area contributed by atoms with Crippen molar-refractivity contribution in [3.63, 3.8) is 0 Å². The number of anilines is 1. The first-order valence-electron chi connectivity index (χ1n) is 5.25. The number of nitrogens with zero attached hydrogens (tertiary/aromatic N) is 1. The maximum atomic E-state index is 13.9. The van der Waals surface area contributed by atoms with E-state index >= 15 is 0 Å². The Morgan fingerprint density at radius 3 is 2.72 bits per heavy atom. The summed E-state index contributed by atoms with van der Waals surface area (Å²) in [4.78, 5) is 11.1. The van der Waals surface area contributed by atoms with Crippen molar-refractivity contribution in [1.82, 2.24) is 0 Å². The van der Waals surface area contributed by atoms with Crippen LogP contribution in [-0.2, 0) is 4.79 Å². The molecule has 0 aromatic heterocycles. The lowest BCUT2D eigenvalue weighted by Crippen LogP contribution is -2.42. The summed E-state index contributed by atoms with van der Waals surface area (Å²) in [5, 5.41) is 20.5. The van der Waals surface area contributed by atoms with Gasteiger partial charge in [0.15, 0.2) is 5.82 Å². The first-order valence-corrected chi connectivity index (χ1v) is 6.04. The fraction of sp³-hybridized carbons (Fsp3) is 0.333. The van der Waals surface area contributed by atoms with Crippen LogP contribution in [0.4, 0.5) is 10.1 Å². The number of hydrogen-bond acceptors (Lipinski definition) is 3. The number of carbonyl (C=O) groups is 1. The summed E-state index contributed by atoms with van der Waals surface area (Å²) >= 11 is 2.97. The summed E-state index contributed by atoms with van der Waals surface area (Å²) in [5.74, 6) is -1.74. The standard InChI is InChI=1S/C12H12BrFN2O2/c1-3-12(2,11(17)18)16-8-5-4-7(6-15)9(13)10(8)14/h4-5,16H,3H2,1-2H3,(H,17,18). The summed E-state index contributed by atoms with van der Waals surface area (Å²) in [5.41, 5.74) is -1.05. The molecule has 1 unspecified atom stereocenters. The van der Waals surface area contributed by atoms with Crippen LogP contribution in [0.3, 0.4) is 0 Å². The second-order valence-electron chi connectivity index (χ2n) is 4.02. The predicted octanol–water partition coefficient (Wildman–Crippen LogP) is 3.13. The van der Waals surface area contributed by atoms with Gasteiger partial charge in [-0.3, -0.25) is 0 Å². The molecule has 0 spiro atoms. The quantitative estimate of drug-likeness (QED) is 0.895. The van der Waals surface area contributed by atoms with Crippen molar-refractivity contribution in [2.24, 2.45) is 0 Å². The van der Waals surface area contributed by atoms with Crippen molar-refractivity contribution < 1.29 is 14.3 Å². The molecule has 0 bridgehead atoms. The molecule has 1 atom stereocenters. The molecule has 0 heterocycles. The molecule has 0 amide bonds. The number of nitriles is 1. The molecule has 18 heavy (non-hydrogen) atoms. The topological polar surface area (TPSA) is 73.1 Å². The van der Waals surface area contributed by atoms with E-state index in [-0.39, 0.29) is 15.7 Å². The average Bonchev–Trinajstić information content (AvgIpc) is 2.35. The molecule has 0 radical (unpaired) electrons. The van der Waals surface area contributed by atoms with Gasteiger partial charge in [-0.2, -0.15) is 5.26 Å². The summed E-state index contributed by atoms with van der Waals surface area (Å²) in [7, 11) is 0. The fourth-order valence-electron chi connectivity index (χ4n) is 1.32. The minimum atomic E-state index is -1.26. The third kappa shape index (κ3) is 2.62. The van der Waals surface area contributed by atoms with E-state index in [0.29, 0.717) is 6.42 Å². The molecule has 6 heteroatoms. The first-order chi connectivity index (χ1) is 8.35. The lowest BCUT2D eigenvalue weighted by Gasteiger charge is -2.26. The zero-order valence-corrected chi connectivity index (χ0v) is 11.5. The van der Waals surface area contributed by atoms with E-state index in [2.05, 4.69) is 21.2 Å². The number of halogens is 2. The van der Waals surface area contributed by atoms with Gasteiger partial charge >= 0.3 is 5.97 Å². The van der Waals surface area contributed by atoms with Gasteiger partial charge < -0.3 is 10.4 Å². The van der Waals surface area contributed by atoms with Crippen LogP contribution in [0.25, 0.3) is 0 Å². The highest BCUT2D eigenvalue weighted by atomic mass is 79.9. The maximum absolute atomic E-state index is 13.9. The highest BCUT2D eigenvalue weighted by Gasteiger charge is 2.32. The number of nitrogens with one attached hydrogen (secondary N) is 1. The maximum Gasteiger partial charge on any atom is 0.329 e. The van der Waals surface area contributed by atoms with E-state index in [4.69, 9.17) is 10.4 Å². The van der Waals surface area contributed by atoms with Crippen molar-refractivity contribution in [1.29, 1.82) is 5.26 Å². The molecular weight excluding hydrogens is 303 g/mol. The van der Waals surface area contributed by atoms with E-state index in [9.17, 15) is 9.18 Å². The van der Waals surface area contributed by atoms with Gasteiger partial charge in [0, 0.05) is 0 Å². The van der Waals surface area contributed by atoms with Gasteiger partial charge in [-0.1, -0.05) is 6.92 Å². The Bertz CT molecular complexity index is 528. The molecule has 96 valence electrons. The van der Waals surface area contributed by atoms with Crippen LogP contribution < -0.4 is 5.32 Å². The zero-order chi connectivity index (χ0) is 13.9. The van der Waals surface area contributed by atoms with Crippen LogP contribution >= 0.6 is 15.9 Å². The van der Waals surface area contributed by atoms with Gasteiger partial charge in [0.2, 0.25) is 0 Å². The monoisotopic (exact) mass is 314 g/mol. The number of carboxylic acid groups (broad SMARTS) is 1. The summed E-state index contributed by atoms with van der Waals surface area (Å²) in [6, 6.07) is 4.61. The van der Waals surface area contributed by atoms with Crippen LogP contribution in [0.1, 0.15) is 25.8 Å². The van der Waals surface area contributed by atoms with Crippen molar-refractivity contribution in [2.75, 3.05) is 5.32 Å².